The van der Waals surface area contributed by atoms with Crippen LogP contribution in [0.1, 0.15) is 80.3 Å². The summed E-state index contributed by atoms with van der Waals surface area (Å²) in [5, 5.41) is 1.59. The molecule has 2 unspecified atom stereocenters. The van der Waals surface area contributed by atoms with Crippen molar-refractivity contribution in [3.8, 4) is 22.3 Å². The van der Waals surface area contributed by atoms with Gasteiger partial charge in [-0.05, 0) is 0 Å². The van der Waals surface area contributed by atoms with Gasteiger partial charge in [0.15, 0.2) is 0 Å². The van der Waals surface area contributed by atoms with E-state index < -0.39 is 22.6 Å². The Balaban J connectivity index is 1.41. The van der Waals surface area contributed by atoms with E-state index in [1.54, 1.807) is 16.3 Å². The molecule has 2 aliphatic carbocycles. The SMILES string of the molecule is CC(C)c1ccc(-c2cccc3c2C=C[CH]3[Hf]([CH3])([CH3])([CH]2C=Cc3c(-c4ccc(C(C)C)cc4)cccc32)=[Si](C)c2ccccc2)cc1. The van der Waals surface area contributed by atoms with Crippen molar-refractivity contribution in [2.75, 3.05) is 0 Å². The molecule has 0 spiro atoms. The van der Waals surface area contributed by atoms with E-state index in [0.29, 0.717) is 19.2 Å². The number of benzene rings is 5. The van der Waals surface area contributed by atoms with Crippen LogP contribution < -0.4 is 5.19 Å². The molecular formula is C45H48HfSi. The topological polar surface area (TPSA) is 0 Å². The minimum atomic E-state index is -4.05. The first-order chi connectivity index (χ1) is 22.6. The van der Waals surface area contributed by atoms with E-state index in [9.17, 15) is 0 Å². The first kappa shape index (κ1) is 32.2. The second-order valence-corrected chi connectivity index (χ2v) is 61.5. The van der Waals surface area contributed by atoms with Crippen molar-refractivity contribution in [1.29, 1.82) is 0 Å². The quantitative estimate of drug-likeness (QED) is 0.144. The third-order valence-electron chi connectivity index (χ3n) is 11.9. The molecule has 2 aliphatic rings. The number of hydrogen-bond donors (Lipinski definition) is 0. The zero-order valence-corrected chi connectivity index (χ0v) is 33.7. The fraction of sp³-hybridized carbons (Fsp3) is 0.244. The summed E-state index contributed by atoms with van der Waals surface area (Å²) >= 11 is -4.05. The predicted molar refractivity (Wildman–Crippen MR) is 205 cm³/mol. The van der Waals surface area contributed by atoms with E-state index in [1.165, 1.54) is 44.5 Å². The number of allylic oxidation sites excluding steroid dienone is 2. The van der Waals surface area contributed by atoms with Crippen LogP contribution in [0, 0.1) is 0 Å². The Morgan fingerprint density at radius 3 is 1.34 bits per heavy atom. The molecule has 7 rings (SSSR count). The minimum absolute atomic E-state index is 0.477. The van der Waals surface area contributed by atoms with Crippen molar-refractivity contribution in [3.05, 3.63) is 161 Å². The van der Waals surface area contributed by atoms with Crippen LogP contribution in [0.25, 0.3) is 34.4 Å². The van der Waals surface area contributed by atoms with Gasteiger partial charge in [0.1, 0.15) is 0 Å². The molecule has 2 heteroatoms. The normalized spacial score (nSPS) is 17.0. The Bertz CT molecular complexity index is 1960. The third kappa shape index (κ3) is 5.37. The van der Waals surface area contributed by atoms with Crippen LogP contribution in [-0.2, 0) is 17.1 Å². The molecule has 5 aromatic carbocycles. The molecule has 0 aliphatic heterocycles. The Morgan fingerprint density at radius 1 is 0.511 bits per heavy atom. The van der Waals surface area contributed by atoms with E-state index in [0.717, 1.165) is 0 Å². The zero-order chi connectivity index (χ0) is 32.9. The first-order valence-corrected chi connectivity index (χ1v) is 36.2. The van der Waals surface area contributed by atoms with Gasteiger partial charge in [-0.3, -0.25) is 0 Å². The molecule has 0 N–H and O–H groups in total. The van der Waals surface area contributed by atoms with Gasteiger partial charge in [-0.25, -0.2) is 0 Å². The molecule has 236 valence electrons. The Labute approximate surface area is 284 Å². The summed E-state index contributed by atoms with van der Waals surface area (Å²) in [6.45, 7) is 11.8. The summed E-state index contributed by atoms with van der Waals surface area (Å²) in [5.41, 5.74) is 13.2. The Hall–Kier alpha value is -3.33. The van der Waals surface area contributed by atoms with Crippen molar-refractivity contribution in [2.24, 2.45) is 0 Å². The van der Waals surface area contributed by atoms with Crippen LogP contribution in [0.2, 0.25) is 15.9 Å². The standard InChI is InChI=1S/2C18H17.C7H8Si.2CH3.Hf/c2*1-13(2)14-9-11-16(12-10-14)18-8-4-6-15-5-3-7-17(15)18;1-8-7-5-3-2-4-6-7;;;/h2*3-13H,1-2H3;2-6H,1H3;2*1H3;. The molecule has 0 bridgehead atoms. The van der Waals surface area contributed by atoms with E-state index in [-0.39, 0.29) is 0 Å². The Kier molecular flexibility index (Phi) is 8.42. The number of hydrogen-bond acceptors (Lipinski definition) is 0. The van der Waals surface area contributed by atoms with Gasteiger partial charge in [0.25, 0.3) is 0 Å². The molecule has 0 heterocycles. The Morgan fingerprint density at radius 2 is 0.936 bits per heavy atom. The van der Waals surface area contributed by atoms with Gasteiger partial charge in [0.05, 0.1) is 0 Å². The van der Waals surface area contributed by atoms with Gasteiger partial charge in [-0.1, -0.05) is 0 Å². The maximum atomic E-state index is 2.83. The molecule has 0 nitrogen and oxygen atoms in total. The van der Waals surface area contributed by atoms with Crippen LogP contribution in [0.3, 0.4) is 0 Å². The van der Waals surface area contributed by atoms with E-state index in [1.807, 2.05) is 0 Å². The van der Waals surface area contributed by atoms with Crippen molar-refractivity contribution < 1.29 is 17.1 Å². The first-order valence-electron chi connectivity index (χ1n) is 17.5. The average molecular weight is 795 g/mol. The van der Waals surface area contributed by atoms with Crippen LogP contribution in [0.5, 0.6) is 0 Å². The van der Waals surface area contributed by atoms with Crippen LogP contribution >= 0.6 is 0 Å². The van der Waals surface area contributed by atoms with Gasteiger partial charge in [-0.2, -0.15) is 0 Å². The summed E-state index contributed by atoms with van der Waals surface area (Å²) in [4.78, 5) is 0. The van der Waals surface area contributed by atoms with Crippen molar-refractivity contribution >= 4 is 22.8 Å². The third-order valence-corrected chi connectivity index (χ3v) is 66.6. The molecule has 0 fully saturated rings. The van der Waals surface area contributed by atoms with E-state index >= 15 is 0 Å². The number of rotatable bonds is 7. The summed E-state index contributed by atoms with van der Waals surface area (Å²) in [5.74, 6) is 1.07. The second kappa shape index (κ2) is 12.3. The maximum absolute atomic E-state index is 4.05. The van der Waals surface area contributed by atoms with Gasteiger partial charge >= 0.3 is 286 Å². The number of fused-ring (bicyclic) bond motifs is 2. The summed E-state index contributed by atoms with van der Waals surface area (Å²) in [6, 6.07) is 44.4. The van der Waals surface area contributed by atoms with Gasteiger partial charge < -0.3 is 0 Å². The molecule has 0 amide bonds. The van der Waals surface area contributed by atoms with Gasteiger partial charge in [0.2, 0.25) is 0 Å². The van der Waals surface area contributed by atoms with Crippen molar-refractivity contribution in [2.45, 2.75) is 62.8 Å². The fourth-order valence-electron chi connectivity index (χ4n) is 8.62. The van der Waals surface area contributed by atoms with Gasteiger partial charge in [0, 0.05) is 0 Å². The average Bonchev–Trinajstić information content (AvgIpc) is 3.75. The van der Waals surface area contributed by atoms with Crippen LogP contribution in [-0.4, -0.2) is 5.49 Å². The molecule has 47 heavy (non-hydrogen) atoms. The molecule has 5 aromatic rings. The molecule has 0 aromatic heterocycles. The van der Waals surface area contributed by atoms with Crippen LogP contribution in [0.15, 0.2) is 127 Å². The van der Waals surface area contributed by atoms with Crippen molar-refractivity contribution in [3.63, 3.8) is 0 Å². The van der Waals surface area contributed by atoms with Gasteiger partial charge in [-0.15, -0.1) is 0 Å². The summed E-state index contributed by atoms with van der Waals surface area (Å²) < 4.78 is 6.62. The van der Waals surface area contributed by atoms with E-state index in [2.05, 4.69) is 183 Å². The second-order valence-electron chi connectivity index (χ2n) is 15.4. The molecule has 0 saturated heterocycles. The van der Waals surface area contributed by atoms with Crippen LogP contribution in [0.4, 0.5) is 0 Å². The summed E-state index contributed by atoms with van der Waals surface area (Å²) in [7, 11) is 0. The monoisotopic (exact) mass is 796 g/mol. The van der Waals surface area contributed by atoms with Crippen molar-refractivity contribution in [1.82, 2.24) is 0 Å². The molecule has 2 atom stereocenters. The predicted octanol–water partition coefficient (Wildman–Crippen LogP) is 12.4. The van der Waals surface area contributed by atoms with E-state index in [4.69, 9.17) is 0 Å². The summed E-state index contributed by atoms with van der Waals surface area (Å²) in [6.07, 6.45) is 10.3. The fourth-order valence-corrected chi connectivity index (χ4v) is 52.0. The molecule has 0 radical (unpaired) electrons. The molecule has 0 saturated carbocycles. The zero-order valence-electron chi connectivity index (χ0n) is 29.1. The molecular weight excluding hydrogens is 747 g/mol.